The van der Waals surface area contributed by atoms with E-state index in [4.69, 9.17) is 11.6 Å². The predicted molar refractivity (Wildman–Crippen MR) is 111 cm³/mol. The molecule has 0 fully saturated rings. The lowest BCUT2D eigenvalue weighted by molar-refractivity contribution is 0.262. The van der Waals surface area contributed by atoms with Gasteiger partial charge in [0.2, 0.25) is 0 Å². The number of hydrogen-bond donors (Lipinski definition) is 4. The zero-order valence-corrected chi connectivity index (χ0v) is 16.5. The molecule has 0 unspecified atom stereocenters. The van der Waals surface area contributed by atoms with Gasteiger partial charge in [-0.1, -0.05) is 27.5 Å². The number of phenolic OH excluding ortho intramolecular Hbond substituents is 1. The molecule has 0 aliphatic carbocycles. The summed E-state index contributed by atoms with van der Waals surface area (Å²) in [6.45, 7) is 3.59. The molecule has 0 aliphatic rings. The number of aromatic hydroxyl groups is 1. The van der Waals surface area contributed by atoms with Crippen LogP contribution in [-0.2, 0) is 0 Å². The van der Waals surface area contributed by atoms with Crippen molar-refractivity contribution in [2.75, 3.05) is 10.6 Å². The van der Waals surface area contributed by atoms with Crippen LogP contribution in [0.4, 0.5) is 16.2 Å². The van der Waals surface area contributed by atoms with Gasteiger partial charge in [-0.25, -0.2) is 4.79 Å². The van der Waals surface area contributed by atoms with Crippen LogP contribution >= 0.6 is 27.5 Å². The molecule has 136 valence electrons. The van der Waals surface area contributed by atoms with E-state index in [2.05, 4.69) is 37.1 Å². The van der Waals surface area contributed by atoms with Gasteiger partial charge in [-0.05, 0) is 56.3 Å². The molecule has 0 aromatic heterocycles. The van der Waals surface area contributed by atoms with Crippen molar-refractivity contribution >= 4 is 56.8 Å². The highest BCUT2D eigenvalue weighted by Gasteiger charge is 2.12. The molecule has 0 radical (unpaired) electrons. The zero-order valence-electron chi connectivity index (χ0n) is 14.2. The van der Waals surface area contributed by atoms with Crippen molar-refractivity contribution < 1.29 is 9.90 Å². The molecule has 4 N–H and O–H groups in total. The Morgan fingerprint density at radius 2 is 1.77 bits per heavy atom. The van der Waals surface area contributed by atoms with Crippen molar-refractivity contribution in [3.63, 3.8) is 0 Å². The van der Waals surface area contributed by atoms with E-state index in [1.54, 1.807) is 49.5 Å². The summed E-state index contributed by atoms with van der Waals surface area (Å²) in [6.07, 6.45) is 1.59. The van der Waals surface area contributed by atoms with Gasteiger partial charge in [0.15, 0.2) is 0 Å². The Morgan fingerprint density at radius 1 is 1.15 bits per heavy atom. The predicted octanol–water partition coefficient (Wildman–Crippen LogP) is 5.37. The minimum absolute atomic E-state index is 0.0567. The maximum Gasteiger partial charge on any atom is 0.323 e. The molecule has 2 amide bonds. The number of carbonyl (C=O) groups excluding carboxylic acids is 1. The number of halogens is 2. The number of benzene rings is 2. The molecule has 6 nitrogen and oxygen atoms in total. The Bertz CT molecular complexity index is 847. The first kappa shape index (κ1) is 19.8. The molecule has 2 aromatic carbocycles. The number of rotatable bonds is 5. The summed E-state index contributed by atoms with van der Waals surface area (Å²) < 4.78 is 0.751. The first-order valence-corrected chi connectivity index (χ1v) is 8.85. The number of nitrogens with zero attached hydrogens (tertiary/aromatic N) is 1. The molecule has 0 heterocycles. The molecule has 8 heteroatoms. The summed E-state index contributed by atoms with van der Waals surface area (Å²) in [7, 11) is 0. The van der Waals surface area contributed by atoms with Crippen LogP contribution in [0.25, 0.3) is 5.70 Å². The lowest BCUT2D eigenvalue weighted by atomic mass is 10.1. The first-order valence-electron chi connectivity index (χ1n) is 7.67. The molecule has 0 aliphatic heterocycles. The van der Waals surface area contributed by atoms with Crippen molar-refractivity contribution in [2.45, 2.75) is 13.8 Å². The van der Waals surface area contributed by atoms with Crippen LogP contribution in [0, 0.1) is 0 Å². The topological polar surface area (TPSA) is 85.8 Å². The van der Waals surface area contributed by atoms with Gasteiger partial charge >= 0.3 is 6.03 Å². The quantitative estimate of drug-likeness (QED) is 0.288. The number of amides is 2. The Morgan fingerprint density at radius 3 is 2.38 bits per heavy atom. The number of urea groups is 1. The van der Waals surface area contributed by atoms with Crippen LogP contribution in [0.1, 0.15) is 19.4 Å². The number of anilines is 2. The van der Waals surface area contributed by atoms with Gasteiger partial charge in [-0.3, -0.25) is 5.43 Å². The molecule has 0 atom stereocenters. The van der Waals surface area contributed by atoms with Gasteiger partial charge in [0.25, 0.3) is 0 Å². The maximum absolute atomic E-state index is 12.2. The zero-order chi connectivity index (χ0) is 19.1. The number of carbonyl (C=O) groups is 1. The van der Waals surface area contributed by atoms with Crippen LogP contribution in [0.2, 0.25) is 5.02 Å². The van der Waals surface area contributed by atoms with Crippen LogP contribution in [0.5, 0.6) is 5.75 Å². The van der Waals surface area contributed by atoms with Crippen molar-refractivity contribution in [3.8, 4) is 5.75 Å². The summed E-state index contributed by atoms with van der Waals surface area (Å²) in [5.41, 5.74) is 5.06. The Hall–Kier alpha value is -2.51. The van der Waals surface area contributed by atoms with Crippen molar-refractivity contribution in [3.05, 3.63) is 57.5 Å². The fourth-order valence-electron chi connectivity index (χ4n) is 2.09. The SMILES string of the molecule is C/C=N\N/C(=C(\C)Br)c1cc(NC(=O)Nc2ccc(Cl)cc2)ccc1O. The van der Waals surface area contributed by atoms with Gasteiger partial charge in [0.05, 0.1) is 5.70 Å². The molecule has 2 aromatic rings. The minimum Gasteiger partial charge on any atom is -0.507 e. The van der Waals surface area contributed by atoms with Crippen molar-refractivity contribution in [1.82, 2.24) is 5.43 Å². The van der Waals surface area contributed by atoms with E-state index in [1.165, 1.54) is 6.07 Å². The summed E-state index contributed by atoms with van der Waals surface area (Å²) >= 11 is 9.21. The van der Waals surface area contributed by atoms with Crippen LogP contribution in [0.3, 0.4) is 0 Å². The smallest absolute Gasteiger partial charge is 0.323 e. The Labute approximate surface area is 165 Å². The molecular formula is C18H18BrClN4O2. The van der Waals surface area contributed by atoms with Crippen LogP contribution < -0.4 is 16.1 Å². The van der Waals surface area contributed by atoms with E-state index >= 15 is 0 Å². The van der Waals surface area contributed by atoms with E-state index in [0.29, 0.717) is 27.7 Å². The Balaban J connectivity index is 2.19. The normalized spacial score (nSPS) is 11.8. The third-order valence-electron chi connectivity index (χ3n) is 3.28. The molecule has 0 saturated heterocycles. The van der Waals surface area contributed by atoms with E-state index in [-0.39, 0.29) is 5.75 Å². The second-order valence-electron chi connectivity index (χ2n) is 5.23. The summed E-state index contributed by atoms with van der Waals surface area (Å²) in [4.78, 5) is 12.2. The van der Waals surface area contributed by atoms with Crippen LogP contribution in [-0.4, -0.2) is 17.4 Å². The second kappa shape index (κ2) is 9.26. The fraction of sp³-hybridized carbons (Fsp3) is 0.111. The highest BCUT2D eigenvalue weighted by Crippen LogP contribution is 2.30. The van der Waals surface area contributed by atoms with Gasteiger partial charge in [-0.2, -0.15) is 5.10 Å². The van der Waals surface area contributed by atoms with E-state index in [0.717, 1.165) is 4.48 Å². The average Bonchev–Trinajstić information content (AvgIpc) is 2.59. The molecule has 2 rings (SSSR count). The van der Waals surface area contributed by atoms with Crippen molar-refractivity contribution in [2.24, 2.45) is 5.10 Å². The lowest BCUT2D eigenvalue weighted by Gasteiger charge is -2.13. The standard InChI is InChI=1S/C18H18BrClN4O2/c1-3-21-24-17(11(2)19)15-10-14(8-9-16(15)25)23-18(26)22-13-6-4-12(20)5-7-13/h3-10,24-25H,1-2H3,(H2,22,23,26)/b17-11+,21-3-. The third kappa shape index (κ3) is 5.50. The van der Waals surface area contributed by atoms with Crippen molar-refractivity contribution in [1.29, 1.82) is 0 Å². The molecule has 0 bridgehead atoms. The van der Waals surface area contributed by atoms with E-state index in [9.17, 15) is 9.90 Å². The largest absolute Gasteiger partial charge is 0.507 e. The second-order valence-corrected chi connectivity index (χ2v) is 6.85. The highest BCUT2D eigenvalue weighted by molar-refractivity contribution is 9.11. The van der Waals surface area contributed by atoms with Gasteiger partial charge < -0.3 is 15.7 Å². The molecule has 26 heavy (non-hydrogen) atoms. The summed E-state index contributed by atoms with van der Waals surface area (Å²) in [5.74, 6) is 0.0567. The van der Waals surface area contributed by atoms with E-state index < -0.39 is 6.03 Å². The summed E-state index contributed by atoms with van der Waals surface area (Å²) in [6, 6.07) is 11.1. The van der Waals surface area contributed by atoms with Gasteiger partial charge in [-0.15, -0.1) is 0 Å². The number of phenols is 1. The fourth-order valence-corrected chi connectivity index (χ4v) is 2.52. The number of hydrazone groups is 1. The average molecular weight is 438 g/mol. The maximum atomic E-state index is 12.2. The highest BCUT2D eigenvalue weighted by atomic mass is 79.9. The number of hydrogen-bond acceptors (Lipinski definition) is 4. The monoisotopic (exact) mass is 436 g/mol. The molecular weight excluding hydrogens is 420 g/mol. The number of nitrogens with one attached hydrogen (secondary N) is 3. The molecule has 0 spiro atoms. The van der Waals surface area contributed by atoms with Crippen LogP contribution in [0.15, 0.2) is 52.0 Å². The lowest BCUT2D eigenvalue weighted by Crippen LogP contribution is -2.19. The number of allylic oxidation sites excluding steroid dienone is 1. The van der Waals surface area contributed by atoms with Gasteiger partial charge in [0.1, 0.15) is 5.75 Å². The summed E-state index contributed by atoms with van der Waals surface area (Å²) in [5, 5.41) is 20.2. The van der Waals surface area contributed by atoms with Gasteiger partial charge in [0, 0.05) is 32.7 Å². The van der Waals surface area contributed by atoms with E-state index in [1.807, 2.05) is 6.92 Å². The minimum atomic E-state index is -0.412. The Kier molecular flexibility index (Phi) is 7.06. The first-order chi connectivity index (χ1) is 12.4. The molecule has 0 saturated carbocycles. The third-order valence-corrected chi connectivity index (χ3v) is 3.92.